The summed E-state index contributed by atoms with van der Waals surface area (Å²) >= 11 is 0. The SMILES string of the molecule is CC[C@H]1OC(=O)[C@H](C)[C@@H](C)[C@@H]2O[C@@](C)(C[C@@H](C)[C@H](C)C=C=C1C)[C@H]2O. The highest BCUT2D eigenvalue weighted by atomic mass is 16.6. The Kier molecular flexibility index (Phi) is 6.19. The quantitative estimate of drug-likeness (QED) is 0.576. The van der Waals surface area contributed by atoms with E-state index in [9.17, 15) is 9.90 Å². The molecule has 4 heteroatoms. The second-order valence-electron chi connectivity index (χ2n) is 8.36. The van der Waals surface area contributed by atoms with Crippen LogP contribution < -0.4 is 0 Å². The number of ether oxygens (including phenoxy) is 2. The standard InChI is InChI=1S/C21H34O4/c1-8-17-13(3)10-9-12(2)14(4)11-21(7)19(22)18(25-21)15(5)16(6)20(23)24-17/h9,12,14-19,22H,8,11H2,1-7H3/t10?,12-,14-,15-,16-,17-,18+,19+,21+/m1/s1. The summed E-state index contributed by atoms with van der Waals surface area (Å²) < 4.78 is 11.8. The molecule has 3 aliphatic rings. The number of carbonyl (C=O) groups excluding carboxylic acids is 1. The van der Waals surface area contributed by atoms with Crippen LogP contribution in [-0.2, 0) is 14.3 Å². The molecule has 0 saturated carbocycles. The summed E-state index contributed by atoms with van der Waals surface area (Å²) in [7, 11) is 0. The largest absolute Gasteiger partial charge is 0.457 e. The number of esters is 1. The molecule has 2 bridgehead atoms. The van der Waals surface area contributed by atoms with Crippen molar-refractivity contribution in [3.05, 3.63) is 17.4 Å². The van der Waals surface area contributed by atoms with E-state index in [4.69, 9.17) is 9.47 Å². The molecule has 3 rings (SSSR count). The van der Waals surface area contributed by atoms with Crippen LogP contribution in [0.25, 0.3) is 0 Å². The third-order valence-corrected chi connectivity index (χ3v) is 6.33. The van der Waals surface area contributed by atoms with Crippen molar-refractivity contribution in [2.24, 2.45) is 23.7 Å². The lowest BCUT2D eigenvalue weighted by molar-refractivity contribution is -0.305. The molecular formula is C21H34O4. The summed E-state index contributed by atoms with van der Waals surface area (Å²) in [6, 6.07) is 0. The molecule has 1 fully saturated rings. The highest BCUT2D eigenvalue weighted by molar-refractivity contribution is 5.73. The number of hydrogen-bond acceptors (Lipinski definition) is 4. The maximum atomic E-state index is 12.6. The fourth-order valence-electron chi connectivity index (χ4n) is 3.85. The summed E-state index contributed by atoms with van der Waals surface area (Å²) in [6.45, 7) is 14.1. The zero-order valence-electron chi connectivity index (χ0n) is 16.7. The molecule has 0 aromatic rings. The summed E-state index contributed by atoms with van der Waals surface area (Å²) in [6.07, 6.45) is 2.45. The Morgan fingerprint density at radius 3 is 2.52 bits per heavy atom. The molecule has 4 nitrogen and oxygen atoms in total. The third kappa shape index (κ3) is 4.02. The van der Waals surface area contributed by atoms with Gasteiger partial charge in [0, 0.05) is 5.57 Å². The van der Waals surface area contributed by atoms with Gasteiger partial charge in [-0.25, -0.2) is 0 Å². The summed E-state index contributed by atoms with van der Waals surface area (Å²) in [4.78, 5) is 12.6. The molecule has 0 unspecified atom stereocenters. The molecule has 8 atom stereocenters. The first kappa shape index (κ1) is 20.2. The van der Waals surface area contributed by atoms with Gasteiger partial charge in [-0.3, -0.25) is 4.79 Å². The zero-order chi connectivity index (χ0) is 18.9. The fraction of sp³-hybridized carbons (Fsp3) is 0.810. The van der Waals surface area contributed by atoms with E-state index in [2.05, 4.69) is 25.7 Å². The summed E-state index contributed by atoms with van der Waals surface area (Å²) in [5.41, 5.74) is 3.74. The summed E-state index contributed by atoms with van der Waals surface area (Å²) in [5, 5.41) is 10.7. The van der Waals surface area contributed by atoms with Crippen molar-refractivity contribution in [2.45, 2.75) is 85.2 Å². The molecule has 0 amide bonds. The molecular weight excluding hydrogens is 316 g/mol. The van der Waals surface area contributed by atoms with Crippen LogP contribution in [0, 0.1) is 23.7 Å². The number of carbonyl (C=O) groups is 1. The minimum atomic E-state index is -0.557. The highest BCUT2D eigenvalue weighted by Crippen LogP contribution is 2.44. The molecule has 0 aliphatic carbocycles. The van der Waals surface area contributed by atoms with Crippen molar-refractivity contribution in [1.29, 1.82) is 0 Å². The predicted octanol–water partition coefficient (Wildman–Crippen LogP) is 3.88. The van der Waals surface area contributed by atoms with E-state index in [-0.39, 0.29) is 30.0 Å². The number of hydrogen-bond donors (Lipinski definition) is 1. The number of aliphatic hydroxyl groups is 1. The van der Waals surface area contributed by atoms with Crippen LogP contribution in [0.2, 0.25) is 0 Å². The Morgan fingerprint density at radius 1 is 1.32 bits per heavy atom. The first-order valence-corrected chi connectivity index (χ1v) is 9.60. The van der Waals surface area contributed by atoms with Crippen molar-refractivity contribution in [1.82, 2.24) is 0 Å². The topological polar surface area (TPSA) is 55.8 Å². The highest BCUT2D eigenvalue weighted by Gasteiger charge is 2.55. The Balaban J connectivity index is 2.35. The number of fused-ring (bicyclic) bond motifs is 8. The molecule has 3 heterocycles. The van der Waals surface area contributed by atoms with Gasteiger partial charge in [-0.05, 0) is 50.5 Å². The third-order valence-electron chi connectivity index (χ3n) is 6.33. The maximum absolute atomic E-state index is 12.6. The monoisotopic (exact) mass is 350 g/mol. The van der Waals surface area contributed by atoms with E-state index in [1.165, 1.54) is 0 Å². The van der Waals surface area contributed by atoms with Gasteiger partial charge >= 0.3 is 5.97 Å². The van der Waals surface area contributed by atoms with Gasteiger partial charge in [-0.15, -0.1) is 5.73 Å². The average Bonchev–Trinajstić information content (AvgIpc) is 2.59. The van der Waals surface area contributed by atoms with Gasteiger partial charge in [0.15, 0.2) is 0 Å². The normalized spacial score (nSPS) is 45.8. The van der Waals surface area contributed by atoms with E-state index in [1.807, 2.05) is 34.6 Å². The van der Waals surface area contributed by atoms with Crippen LogP contribution in [0.1, 0.15) is 61.3 Å². The van der Waals surface area contributed by atoms with Crippen LogP contribution in [0.5, 0.6) is 0 Å². The van der Waals surface area contributed by atoms with Crippen molar-refractivity contribution < 1.29 is 19.4 Å². The molecule has 25 heavy (non-hydrogen) atoms. The van der Waals surface area contributed by atoms with Crippen molar-refractivity contribution >= 4 is 5.97 Å². The second kappa shape index (κ2) is 7.65. The minimum Gasteiger partial charge on any atom is -0.457 e. The minimum absolute atomic E-state index is 0.0939. The molecule has 0 aromatic heterocycles. The lowest BCUT2D eigenvalue weighted by atomic mass is 9.72. The fourth-order valence-corrected chi connectivity index (χ4v) is 3.85. The van der Waals surface area contributed by atoms with Gasteiger partial charge in [-0.1, -0.05) is 34.6 Å². The first-order valence-electron chi connectivity index (χ1n) is 9.60. The van der Waals surface area contributed by atoms with E-state index in [0.717, 1.165) is 18.4 Å². The second-order valence-corrected chi connectivity index (χ2v) is 8.36. The predicted molar refractivity (Wildman–Crippen MR) is 98.0 cm³/mol. The zero-order valence-corrected chi connectivity index (χ0v) is 16.7. The smallest absolute Gasteiger partial charge is 0.309 e. The maximum Gasteiger partial charge on any atom is 0.309 e. The summed E-state index contributed by atoms with van der Waals surface area (Å²) in [5.74, 6) is 0.00888. The van der Waals surface area contributed by atoms with Crippen molar-refractivity contribution in [2.75, 3.05) is 0 Å². The van der Waals surface area contributed by atoms with Gasteiger partial charge in [0.2, 0.25) is 0 Å². The van der Waals surface area contributed by atoms with Gasteiger partial charge in [-0.2, -0.15) is 0 Å². The van der Waals surface area contributed by atoms with Crippen LogP contribution >= 0.6 is 0 Å². The average molecular weight is 350 g/mol. The molecule has 1 saturated heterocycles. The number of aliphatic hydroxyl groups excluding tert-OH is 1. The Labute approximate surface area is 152 Å². The van der Waals surface area contributed by atoms with Crippen molar-refractivity contribution in [3.8, 4) is 0 Å². The van der Waals surface area contributed by atoms with Crippen LogP contribution in [-0.4, -0.2) is 35.0 Å². The molecule has 1 N–H and O–H groups in total. The Bertz CT molecular complexity index is 562. The molecule has 0 aromatic carbocycles. The first-order chi connectivity index (χ1) is 11.6. The van der Waals surface area contributed by atoms with Crippen LogP contribution in [0.3, 0.4) is 0 Å². The van der Waals surface area contributed by atoms with E-state index >= 15 is 0 Å². The Hall–Kier alpha value is -1.09. The molecule has 0 spiro atoms. The number of rotatable bonds is 1. The molecule has 0 radical (unpaired) electrons. The van der Waals surface area contributed by atoms with Gasteiger partial charge in [0.1, 0.15) is 12.2 Å². The van der Waals surface area contributed by atoms with Crippen molar-refractivity contribution in [3.63, 3.8) is 0 Å². The van der Waals surface area contributed by atoms with E-state index in [1.54, 1.807) is 0 Å². The molecule has 3 aliphatic heterocycles. The molecule has 142 valence electrons. The van der Waals surface area contributed by atoms with Gasteiger partial charge in [0.25, 0.3) is 0 Å². The van der Waals surface area contributed by atoms with Crippen LogP contribution in [0.4, 0.5) is 0 Å². The van der Waals surface area contributed by atoms with Gasteiger partial charge < -0.3 is 14.6 Å². The Morgan fingerprint density at radius 2 is 1.96 bits per heavy atom. The lowest BCUT2D eigenvalue weighted by Gasteiger charge is -2.54. The van der Waals surface area contributed by atoms with E-state index < -0.39 is 11.7 Å². The van der Waals surface area contributed by atoms with Gasteiger partial charge in [0.05, 0.1) is 17.6 Å². The van der Waals surface area contributed by atoms with Crippen LogP contribution in [0.15, 0.2) is 17.4 Å². The lowest BCUT2D eigenvalue weighted by Crippen LogP contribution is -2.66. The van der Waals surface area contributed by atoms with E-state index in [0.29, 0.717) is 11.8 Å².